The van der Waals surface area contributed by atoms with Crippen LogP contribution in [-0.4, -0.2) is 10.1 Å². The fourth-order valence-electron chi connectivity index (χ4n) is 2.02. The third kappa shape index (κ3) is 3.40. The van der Waals surface area contributed by atoms with Crippen molar-refractivity contribution in [2.75, 3.05) is 0 Å². The smallest absolute Gasteiger partial charge is 0.0831 e. The Hall–Kier alpha value is -1.19. The van der Waals surface area contributed by atoms with E-state index in [0.29, 0.717) is 6.42 Å². The molecule has 1 heterocycles. The molecule has 0 radical (unpaired) electrons. The van der Waals surface area contributed by atoms with Crippen molar-refractivity contribution >= 4 is 15.9 Å². The summed E-state index contributed by atoms with van der Waals surface area (Å²) in [6.45, 7) is 3.89. The molecule has 0 spiro atoms. The lowest BCUT2D eigenvalue weighted by Gasteiger charge is -2.12. The number of nitrogens with zero attached hydrogens (tertiary/aromatic N) is 1. The van der Waals surface area contributed by atoms with Gasteiger partial charge in [-0.05, 0) is 49.2 Å². The van der Waals surface area contributed by atoms with Crippen LogP contribution in [0.15, 0.2) is 40.9 Å². The first kappa shape index (κ1) is 13.2. The Labute approximate surface area is 116 Å². The van der Waals surface area contributed by atoms with E-state index in [0.717, 1.165) is 27.0 Å². The zero-order chi connectivity index (χ0) is 13.1. The second-order valence-electron chi connectivity index (χ2n) is 4.53. The lowest BCUT2D eigenvalue weighted by molar-refractivity contribution is 0.178. The Balaban J connectivity index is 2.16. The summed E-state index contributed by atoms with van der Waals surface area (Å²) >= 11 is 3.40. The molecule has 0 saturated heterocycles. The van der Waals surface area contributed by atoms with E-state index in [-0.39, 0.29) is 0 Å². The number of aliphatic hydroxyl groups is 1. The average molecular weight is 306 g/mol. The molecule has 3 heteroatoms. The van der Waals surface area contributed by atoms with Crippen LogP contribution in [0.4, 0.5) is 0 Å². The summed E-state index contributed by atoms with van der Waals surface area (Å²) in [5.74, 6) is 0. The first-order chi connectivity index (χ1) is 8.54. The van der Waals surface area contributed by atoms with E-state index in [4.69, 9.17) is 0 Å². The molecular weight excluding hydrogens is 290 g/mol. The van der Waals surface area contributed by atoms with Gasteiger partial charge in [-0.1, -0.05) is 28.1 Å². The van der Waals surface area contributed by atoms with Crippen LogP contribution in [0.3, 0.4) is 0 Å². The lowest BCUT2D eigenvalue weighted by atomic mass is 10.0. The quantitative estimate of drug-likeness (QED) is 0.937. The topological polar surface area (TPSA) is 33.1 Å². The van der Waals surface area contributed by atoms with E-state index in [9.17, 15) is 5.11 Å². The zero-order valence-corrected chi connectivity index (χ0v) is 12.1. The van der Waals surface area contributed by atoms with Crippen LogP contribution >= 0.6 is 15.9 Å². The molecule has 0 aliphatic rings. The highest BCUT2D eigenvalue weighted by molar-refractivity contribution is 9.10. The van der Waals surface area contributed by atoms with E-state index in [1.54, 1.807) is 0 Å². The molecule has 0 bridgehead atoms. The van der Waals surface area contributed by atoms with Crippen molar-refractivity contribution in [2.45, 2.75) is 26.4 Å². The second-order valence-corrected chi connectivity index (χ2v) is 5.45. The van der Waals surface area contributed by atoms with Crippen molar-refractivity contribution < 1.29 is 5.11 Å². The van der Waals surface area contributed by atoms with Crippen molar-refractivity contribution in [2.24, 2.45) is 0 Å². The standard InChI is InChI=1S/C15H16BrNO/c1-10-7-13(8-11(2)17-10)15(18)9-12-3-5-14(16)6-4-12/h3-8,15,18H,9H2,1-2H3. The fourth-order valence-corrected chi connectivity index (χ4v) is 2.29. The normalized spacial score (nSPS) is 12.4. The van der Waals surface area contributed by atoms with Crippen LogP contribution in [-0.2, 0) is 6.42 Å². The maximum atomic E-state index is 10.3. The van der Waals surface area contributed by atoms with E-state index in [1.165, 1.54) is 0 Å². The van der Waals surface area contributed by atoms with Crippen LogP contribution in [0.1, 0.15) is 28.6 Å². The lowest BCUT2D eigenvalue weighted by Crippen LogP contribution is -2.03. The number of benzene rings is 1. The average Bonchev–Trinajstić information content (AvgIpc) is 2.31. The highest BCUT2D eigenvalue weighted by atomic mass is 79.9. The van der Waals surface area contributed by atoms with Gasteiger partial charge in [0.05, 0.1) is 6.10 Å². The Morgan fingerprint density at radius 2 is 1.67 bits per heavy atom. The highest BCUT2D eigenvalue weighted by Gasteiger charge is 2.10. The number of pyridine rings is 1. The highest BCUT2D eigenvalue weighted by Crippen LogP contribution is 2.20. The van der Waals surface area contributed by atoms with E-state index >= 15 is 0 Å². The summed E-state index contributed by atoms with van der Waals surface area (Å²) in [5.41, 5.74) is 3.94. The fraction of sp³-hybridized carbons (Fsp3) is 0.267. The summed E-state index contributed by atoms with van der Waals surface area (Å²) in [6, 6.07) is 11.9. The third-order valence-corrected chi connectivity index (χ3v) is 3.36. The van der Waals surface area contributed by atoms with Crippen LogP contribution in [0.2, 0.25) is 0 Å². The summed E-state index contributed by atoms with van der Waals surface area (Å²) < 4.78 is 1.05. The van der Waals surface area contributed by atoms with Gasteiger partial charge in [0.15, 0.2) is 0 Å². The van der Waals surface area contributed by atoms with Crippen LogP contribution in [0.25, 0.3) is 0 Å². The minimum absolute atomic E-state index is 0.480. The van der Waals surface area contributed by atoms with E-state index < -0.39 is 6.10 Å². The first-order valence-corrected chi connectivity index (χ1v) is 6.71. The van der Waals surface area contributed by atoms with Gasteiger partial charge in [-0.15, -0.1) is 0 Å². The summed E-state index contributed by atoms with van der Waals surface area (Å²) in [7, 11) is 0. The van der Waals surface area contributed by atoms with Crippen LogP contribution < -0.4 is 0 Å². The van der Waals surface area contributed by atoms with Crippen molar-refractivity contribution in [3.8, 4) is 0 Å². The largest absolute Gasteiger partial charge is 0.388 e. The monoisotopic (exact) mass is 305 g/mol. The van der Waals surface area contributed by atoms with Gasteiger partial charge < -0.3 is 5.11 Å². The Morgan fingerprint density at radius 3 is 2.22 bits per heavy atom. The maximum absolute atomic E-state index is 10.3. The minimum Gasteiger partial charge on any atom is -0.388 e. The number of aliphatic hydroxyl groups excluding tert-OH is 1. The van der Waals surface area contributed by atoms with Crippen molar-refractivity contribution in [1.82, 2.24) is 4.98 Å². The predicted octanol–water partition coefficient (Wildman–Crippen LogP) is 3.74. The Bertz CT molecular complexity index is 516. The molecule has 0 saturated carbocycles. The van der Waals surface area contributed by atoms with Crippen molar-refractivity contribution in [1.29, 1.82) is 0 Å². The molecule has 2 aromatic rings. The number of rotatable bonds is 3. The summed E-state index contributed by atoms with van der Waals surface area (Å²) in [5, 5.41) is 10.3. The molecule has 1 atom stereocenters. The predicted molar refractivity (Wildman–Crippen MR) is 76.5 cm³/mol. The third-order valence-electron chi connectivity index (χ3n) is 2.83. The van der Waals surface area contributed by atoms with Gasteiger partial charge in [-0.25, -0.2) is 0 Å². The summed E-state index contributed by atoms with van der Waals surface area (Å²) in [4.78, 5) is 4.32. The molecule has 18 heavy (non-hydrogen) atoms. The number of halogens is 1. The molecule has 1 unspecified atom stereocenters. The van der Waals surface area contributed by atoms with Crippen LogP contribution in [0, 0.1) is 13.8 Å². The number of aromatic nitrogens is 1. The molecule has 0 amide bonds. The van der Waals surface area contributed by atoms with Gasteiger partial charge in [-0.3, -0.25) is 4.98 Å². The minimum atomic E-state index is -0.480. The molecule has 2 rings (SSSR count). The molecule has 1 aromatic carbocycles. The van der Waals surface area contributed by atoms with Gasteiger partial charge in [0.1, 0.15) is 0 Å². The van der Waals surface area contributed by atoms with E-state index in [2.05, 4.69) is 20.9 Å². The number of hydrogen-bond acceptors (Lipinski definition) is 2. The van der Waals surface area contributed by atoms with Crippen LogP contribution in [0.5, 0.6) is 0 Å². The maximum Gasteiger partial charge on any atom is 0.0831 e. The summed E-state index contributed by atoms with van der Waals surface area (Å²) in [6.07, 6.45) is 0.141. The number of hydrogen-bond donors (Lipinski definition) is 1. The van der Waals surface area contributed by atoms with Gasteiger partial charge in [0.2, 0.25) is 0 Å². The molecule has 1 aromatic heterocycles. The molecule has 94 valence electrons. The molecule has 0 fully saturated rings. The molecule has 0 aliphatic carbocycles. The number of aryl methyl sites for hydroxylation is 2. The van der Waals surface area contributed by atoms with Gasteiger partial charge in [0, 0.05) is 22.3 Å². The molecule has 2 nitrogen and oxygen atoms in total. The second kappa shape index (κ2) is 5.63. The van der Waals surface area contributed by atoms with Crippen molar-refractivity contribution in [3.05, 3.63) is 63.4 Å². The molecule has 1 N–H and O–H groups in total. The van der Waals surface area contributed by atoms with E-state index in [1.807, 2.05) is 50.2 Å². The van der Waals surface area contributed by atoms with Gasteiger partial charge in [0.25, 0.3) is 0 Å². The SMILES string of the molecule is Cc1cc(C(O)Cc2ccc(Br)cc2)cc(C)n1. The zero-order valence-electron chi connectivity index (χ0n) is 10.5. The molecular formula is C15H16BrNO. The van der Waals surface area contributed by atoms with Crippen molar-refractivity contribution in [3.63, 3.8) is 0 Å². The van der Waals surface area contributed by atoms with Gasteiger partial charge in [-0.2, -0.15) is 0 Å². The Kier molecular flexibility index (Phi) is 4.15. The Morgan fingerprint density at radius 1 is 1.11 bits per heavy atom. The first-order valence-electron chi connectivity index (χ1n) is 5.92. The van der Waals surface area contributed by atoms with Gasteiger partial charge >= 0.3 is 0 Å². The molecule has 0 aliphatic heterocycles.